The van der Waals surface area contributed by atoms with Gasteiger partial charge in [-0.3, -0.25) is 0 Å². The molecule has 0 saturated carbocycles. The van der Waals surface area contributed by atoms with E-state index in [9.17, 15) is 4.79 Å². The molecular formula is C20H23NO3. The van der Waals surface area contributed by atoms with E-state index >= 15 is 0 Å². The Morgan fingerprint density at radius 1 is 1.00 bits per heavy atom. The Hall–Kier alpha value is -2.62. The summed E-state index contributed by atoms with van der Waals surface area (Å²) in [6.07, 6.45) is 0. The molecule has 0 heterocycles. The van der Waals surface area contributed by atoms with Gasteiger partial charge in [0, 0.05) is 5.56 Å². The second-order valence-electron chi connectivity index (χ2n) is 6.48. The minimum absolute atomic E-state index is 0.299. The Labute approximate surface area is 143 Å². The van der Waals surface area contributed by atoms with Crippen LogP contribution in [0.4, 0.5) is 5.69 Å². The van der Waals surface area contributed by atoms with Gasteiger partial charge >= 0.3 is 5.97 Å². The number of carbonyl (C=O) groups excluding carboxylic acids is 1. The number of esters is 1. The highest BCUT2D eigenvalue weighted by atomic mass is 16.6. The Morgan fingerprint density at radius 2 is 1.62 bits per heavy atom. The monoisotopic (exact) mass is 325 g/mol. The molecule has 24 heavy (non-hydrogen) atoms. The molecule has 2 aromatic carbocycles. The highest BCUT2D eigenvalue weighted by molar-refractivity contribution is 6.44. The minimum atomic E-state index is -0.583. The molecule has 0 saturated heterocycles. The average Bonchev–Trinajstić information content (AvgIpc) is 2.52. The molecule has 0 aliphatic rings. The predicted octanol–water partition coefficient (Wildman–Crippen LogP) is 4.47. The molecule has 0 N–H and O–H groups in total. The van der Waals surface area contributed by atoms with E-state index in [-0.39, 0.29) is 0 Å². The van der Waals surface area contributed by atoms with Gasteiger partial charge in [-0.2, -0.15) is 0 Å². The van der Waals surface area contributed by atoms with E-state index in [1.54, 1.807) is 7.11 Å². The van der Waals surface area contributed by atoms with Crippen molar-refractivity contribution >= 4 is 17.4 Å². The van der Waals surface area contributed by atoms with Crippen molar-refractivity contribution in [2.24, 2.45) is 4.99 Å². The molecule has 0 aromatic heterocycles. The Kier molecular flexibility index (Phi) is 5.39. The fourth-order valence-corrected chi connectivity index (χ4v) is 2.17. The van der Waals surface area contributed by atoms with Crippen molar-refractivity contribution in [2.75, 3.05) is 7.11 Å². The zero-order valence-corrected chi connectivity index (χ0v) is 14.8. The van der Waals surface area contributed by atoms with Gasteiger partial charge in [0.15, 0.2) is 5.71 Å². The lowest BCUT2D eigenvalue weighted by Crippen LogP contribution is -2.29. The molecule has 0 atom stereocenters. The Morgan fingerprint density at radius 3 is 2.17 bits per heavy atom. The maximum atomic E-state index is 12.7. The van der Waals surface area contributed by atoms with E-state index in [2.05, 4.69) is 4.99 Å². The molecule has 126 valence electrons. The maximum absolute atomic E-state index is 12.7. The van der Waals surface area contributed by atoms with Crippen LogP contribution < -0.4 is 4.74 Å². The number of carbonyl (C=O) groups is 1. The molecule has 0 bridgehead atoms. The van der Waals surface area contributed by atoms with Gasteiger partial charge in [0.2, 0.25) is 0 Å². The summed E-state index contributed by atoms with van der Waals surface area (Å²) < 4.78 is 10.7. The van der Waals surface area contributed by atoms with Crippen LogP contribution >= 0.6 is 0 Å². The van der Waals surface area contributed by atoms with Crippen LogP contribution in [0.1, 0.15) is 31.9 Å². The number of benzene rings is 2. The van der Waals surface area contributed by atoms with Crippen molar-refractivity contribution in [3.8, 4) is 5.75 Å². The van der Waals surface area contributed by atoms with Crippen molar-refractivity contribution in [2.45, 2.75) is 33.3 Å². The van der Waals surface area contributed by atoms with Crippen molar-refractivity contribution in [1.82, 2.24) is 0 Å². The largest absolute Gasteiger partial charge is 0.497 e. The van der Waals surface area contributed by atoms with Gasteiger partial charge in [0.25, 0.3) is 0 Å². The van der Waals surface area contributed by atoms with Gasteiger partial charge in [-0.1, -0.05) is 24.3 Å². The van der Waals surface area contributed by atoms with E-state index in [0.29, 0.717) is 11.4 Å². The number of hydrogen-bond acceptors (Lipinski definition) is 4. The van der Waals surface area contributed by atoms with Gasteiger partial charge in [-0.25, -0.2) is 9.79 Å². The summed E-state index contributed by atoms with van der Waals surface area (Å²) >= 11 is 0. The fraction of sp³-hybridized carbons (Fsp3) is 0.300. The van der Waals surface area contributed by atoms with Crippen LogP contribution in [0, 0.1) is 6.92 Å². The number of aliphatic imine (C=N–C) groups is 1. The first kappa shape index (κ1) is 17.7. The summed E-state index contributed by atoms with van der Waals surface area (Å²) in [5.41, 5.74) is 2.12. The van der Waals surface area contributed by atoms with Crippen LogP contribution in [0.2, 0.25) is 0 Å². The first-order valence-corrected chi connectivity index (χ1v) is 7.82. The van der Waals surface area contributed by atoms with Gasteiger partial charge in [-0.15, -0.1) is 0 Å². The van der Waals surface area contributed by atoms with E-state index < -0.39 is 11.6 Å². The quantitative estimate of drug-likeness (QED) is 0.615. The zero-order chi connectivity index (χ0) is 17.7. The number of rotatable bonds is 4. The summed E-state index contributed by atoms with van der Waals surface area (Å²) in [6.45, 7) is 7.47. The molecular weight excluding hydrogens is 302 g/mol. The van der Waals surface area contributed by atoms with E-state index in [1.165, 1.54) is 0 Å². The van der Waals surface area contributed by atoms with Crippen LogP contribution in [-0.4, -0.2) is 24.4 Å². The fourth-order valence-electron chi connectivity index (χ4n) is 2.17. The smallest absolute Gasteiger partial charge is 0.358 e. The van der Waals surface area contributed by atoms with E-state index in [1.807, 2.05) is 76.2 Å². The summed E-state index contributed by atoms with van der Waals surface area (Å²) in [5.74, 6) is 0.302. The summed E-state index contributed by atoms with van der Waals surface area (Å²) in [4.78, 5) is 17.2. The maximum Gasteiger partial charge on any atom is 0.358 e. The first-order chi connectivity index (χ1) is 11.3. The molecule has 0 aliphatic heterocycles. The van der Waals surface area contributed by atoms with E-state index in [4.69, 9.17) is 9.47 Å². The molecule has 2 rings (SSSR count). The Bertz CT molecular complexity index is 740. The lowest BCUT2D eigenvalue weighted by Gasteiger charge is -2.20. The van der Waals surface area contributed by atoms with Crippen molar-refractivity contribution in [1.29, 1.82) is 0 Å². The number of aryl methyl sites for hydroxylation is 1. The van der Waals surface area contributed by atoms with Crippen molar-refractivity contribution < 1.29 is 14.3 Å². The van der Waals surface area contributed by atoms with Gasteiger partial charge in [0.05, 0.1) is 12.8 Å². The van der Waals surface area contributed by atoms with Crippen LogP contribution in [-0.2, 0) is 9.53 Å². The van der Waals surface area contributed by atoms with Crippen molar-refractivity contribution in [3.05, 3.63) is 59.7 Å². The molecule has 0 fully saturated rings. The average molecular weight is 325 g/mol. The van der Waals surface area contributed by atoms with Crippen LogP contribution in [0.25, 0.3) is 0 Å². The van der Waals surface area contributed by atoms with Gasteiger partial charge in [0.1, 0.15) is 11.4 Å². The SMILES string of the molecule is COc1ccc(N=C(C(=O)OC(C)(C)C)c2ccccc2C)cc1. The summed E-state index contributed by atoms with van der Waals surface area (Å²) in [5, 5.41) is 0. The van der Waals surface area contributed by atoms with Crippen LogP contribution in [0.5, 0.6) is 5.75 Å². The lowest BCUT2D eigenvalue weighted by molar-refractivity contribution is -0.146. The topological polar surface area (TPSA) is 47.9 Å². The number of nitrogens with zero attached hydrogens (tertiary/aromatic N) is 1. The van der Waals surface area contributed by atoms with Gasteiger partial charge < -0.3 is 9.47 Å². The molecule has 4 heteroatoms. The number of hydrogen-bond donors (Lipinski definition) is 0. The van der Waals surface area contributed by atoms with Crippen LogP contribution in [0.3, 0.4) is 0 Å². The highest BCUT2D eigenvalue weighted by Crippen LogP contribution is 2.21. The molecule has 0 amide bonds. The lowest BCUT2D eigenvalue weighted by atomic mass is 10.0. The normalized spacial score (nSPS) is 12.0. The van der Waals surface area contributed by atoms with E-state index in [0.717, 1.165) is 16.9 Å². The van der Waals surface area contributed by atoms with Crippen LogP contribution in [0.15, 0.2) is 53.5 Å². The third-order valence-corrected chi connectivity index (χ3v) is 3.31. The summed E-state index contributed by atoms with van der Waals surface area (Å²) in [7, 11) is 1.61. The predicted molar refractivity (Wildman–Crippen MR) is 96.2 cm³/mol. The zero-order valence-electron chi connectivity index (χ0n) is 14.8. The van der Waals surface area contributed by atoms with Crippen molar-refractivity contribution in [3.63, 3.8) is 0 Å². The number of ether oxygens (including phenoxy) is 2. The second-order valence-corrected chi connectivity index (χ2v) is 6.48. The molecule has 0 unspecified atom stereocenters. The Balaban J connectivity index is 2.47. The highest BCUT2D eigenvalue weighted by Gasteiger charge is 2.23. The van der Waals surface area contributed by atoms with Gasteiger partial charge in [-0.05, 0) is 57.5 Å². The second kappa shape index (κ2) is 7.30. The third kappa shape index (κ3) is 4.69. The minimum Gasteiger partial charge on any atom is -0.497 e. The first-order valence-electron chi connectivity index (χ1n) is 7.82. The molecule has 0 spiro atoms. The third-order valence-electron chi connectivity index (χ3n) is 3.31. The molecule has 4 nitrogen and oxygen atoms in total. The molecule has 2 aromatic rings. The standard InChI is InChI=1S/C20H23NO3/c1-14-8-6-7-9-17(14)18(19(22)24-20(2,3)4)21-15-10-12-16(23-5)13-11-15/h6-13H,1-5H3. The molecule has 0 aliphatic carbocycles. The number of methoxy groups -OCH3 is 1. The summed E-state index contributed by atoms with van der Waals surface area (Å²) in [6, 6.07) is 14.9. The molecule has 0 radical (unpaired) electrons.